The lowest BCUT2D eigenvalue weighted by Crippen LogP contribution is -2.38. The van der Waals surface area contributed by atoms with Gasteiger partial charge in [0.15, 0.2) is 0 Å². The molecular weight excluding hydrogens is 185 g/mol. The molecule has 0 bridgehead atoms. The first kappa shape index (κ1) is 16.8. The highest BCUT2D eigenvalue weighted by atomic mass is 35.5. The van der Waals surface area contributed by atoms with Gasteiger partial charge in [0, 0.05) is 6.54 Å². The van der Waals surface area contributed by atoms with Crippen molar-refractivity contribution in [2.24, 2.45) is 11.5 Å². The highest BCUT2D eigenvalue weighted by molar-refractivity contribution is 5.85. The molecule has 0 heterocycles. The first-order valence-electron chi connectivity index (χ1n) is 2.38. The van der Waals surface area contributed by atoms with Crippen molar-refractivity contribution in [1.82, 2.24) is 0 Å². The zero-order valence-corrected chi connectivity index (χ0v) is 6.93. The molecule has 0 aromatic rings. The van der Waals surface area contributed by atoms with Crippen molar-refractivity contribution in [3.05, 3.63) is 0 Å². The number of halogens is 4. The summed E-state index contributed by atoms with van der Waals surface area (Å²) < 4.78 is 23.4. The second-order valence-electron chi connectivity index (χ2n) is 1.57. The zero-order valence-electron chi connectivity index (χ0n) is 5.30. The average Bonchev–Trinajstić information content (AvgIpc) is 1.84. The Kier molecular flexibility index (Phi) is 15.7. The van der Waals surface area contributed by atoms with E-state index in [-0.39, 0.29) is 31.4 Å². The SMILES string of the molecule is Cl.Cl.NCC(F)C(N)CF. The van der Waals surface area contributed by atoms with E-state index in [1.165, 1.54) is 0 Å². The normalized spacial score (nSPS) is 14.4. The molecule has 0 fully saturated rings. The summed E-state index contributed by atoms with van der Waals surface area (Å²) in [5.74, 6) is 0. The smallest absolute Gasteiger partial charge is 0.130 e. The van der Waals surface area contributed by atoms with Gasteiger partial charge in [0.05, 0.1) is 6.04 Å². The van der Waals surface area contributed by atoms with E-state index in [2.05, 4.69) is 0 Å². The predicted octanol–water partition coefficient (Wildman–Crippen LogP) is 0.424. The van der Waals surface area contributed by atoms with Crippen LogP contribution in [0.3, 0.4) is 0 Å². The largest absolute Gasteiger partial charge is 0.328 e. The standard InChI is InChI=1S/C4H10F2N2.2ClH/c5-1-4(8)3(6)2-7;;/h3-4H,1-2,7-8H2;2*1H. The zero-order chi connectivity index (χ0) is 6.57. The first-order chi connectivity index (χ1) is 3.72. The molecule has 0 aromatic carbocycles. The molecular formula is C4H12Cl2F2N2. The molecule has 6 heteroatoms. The number of hydrogen-bond donors (Lipinski definition) is 2. The van der Waals surface area contributed by atoms with Crippen molar-refractivity contribution in [2.45, 2.75) is 12.2 Å². The predicted molar refractivity (Wildman–Crippen MR) is 42.4 cm³/mol. The van der Waals surface area contributed by atoms with Gasteiger partial charge in [-0.15, -0.1) is 24.8 Å². The van der Waals surface area contributed by atoms with Gasteiger partial charge in [0.1, 0.15) is 12.8 Å². The van der Waals surface area contributed by atoms with Crippen LogP contribution in [0.5, 0.6) is 0 Å². The van der Waals surface area contributed by atoms with Gasteiger partial charge >= 0.3 is 0 Å². The molecule has 0 aliphatic carbocycles. The van der Waals surface area contributed by atoms with Gasteiger partial charge in [-0.1, -0.05) is 0 Å². The molecule has 0 saturated carbocycles. The van der Waals surface area contributed by atoms with Crippen LogP contribution in [0.25, 0.3) is 0 Å². The Bertz CT molecular complexity index is 59.2. The number of alkyl halides is 2. The van der Waals surface area contributed by atoms with Crippen LogP contribution in [-0.4, -0.2) is 25.4 Å². The van der Waals surface area contributed by atoms with Gasteiger partial charge < -0.3 is 11.5 Å². The molecule has 0 aliphatic rings. The molecule has 2 atom stereocenters. The van der Waals surface area contributed by atoms with Gasteiger partial charge in [-0.25, -0.2) is 8.78 Å². The topological polar surface area (TPSA) is 52.0 Å². The Hall–Kier alpha value is 0.360. The van der Waals surface area contributed by atoms with Crippen LogP contribution in [0.2, 0.25) is 0 Å². The fourth-order valence-electron chi connectivity index (χ4n) is 0.271. The van der Waals surface area contributed by atoms with E-state index in [1.807, 2.05) is 0 Å². The van der Waals surface area contributed by atoms with Crippen LogP contribution in [0, 0.1) is 0 Å². The van der Waals surface area contributed by atoms with E-state index in [4.69, 9.17) is 11.5 Å². The Labute approximate surface area is 71.2 Å². The molecule has 0 aromatic heterocycles. The van der Waals surface area contributed by atoms with Crippen molar-refractivity contribution >= 4 is 24.8 Å². The minimum Gasteiger partial charge on any atom is -0.328 e. The third kappa shape index (κ3) is 6.48. The molecule has 66 valence electrons. The van der Waals surface area contributed by atoms with E-state index in [1.54, 1.807) is 0 Å². The highest BCUT2D eigenvalue weighted by Gasteiger charge is 2.13. The van der Waals surface area contributed by atoms with E-state index >= 15 is 0 Å². The molecule has 10 heavy (non-hydrogen) atoms. The van der Waals surface area contributed by atoms with Gasteiger partial charge in [-0.3, -0.25) is 0 Å². The molecule has 0 radical (unpaired) electrons. The summed E-state index contributed by atoms with van der Waals surface area (Å²) in [7, 11) is 0. The van der Waals surface area contributed by atoms with Crippen LogP contribution in [0.1, 0.15) is 0 Å². The maximum atomic E-state index is 12.0. The second kappa shape index (κ2) is 9.36. The lowest BCUT2D eigenvalue weighted by molar-refractivity contribution is 0.253. The maximum Gasteiger partial charge on any atom is 0.130 e. The third-order valence-corrected chi connectivity index (χ3v) is 0.868. The van der Waals surface area contributed by atoms with Crippen LogP contribution < -0.4 is 11.5 Å². The molecule has 2 nitrogen and oxygen atoms in total. The summed E-state index contributed by atoms with van der Waals surface area (Å²) >= 11 is 0. The fraction of sp³-hybridized carbons (Fsp3) is 1.00. The Morgan fingerprint density at radius 3 is 1.80 bits per heavy atom. The van der Waals surface area contributed by atoms with E-state index in [9.17, 15) is 8.78 Å². The molecule has 0 rings (SSSR count). The van der Waals surface area contributed by atoms with Crippen LogP contribution >= 0.6 is 24.8 Å². The summed E-state index contributed by atoms with van der Waals surface area (Å²) in [6.45, 7) is -1.05. The summed E-state index contributed by atoms with van der Waals surface area (Å²) in [5, 5.41) is 0. The van der Waals surface area contributed by atoms with Gasteiger partial charge in [-0.2, -0.15) is 0 Å². The number of rotatable bonds is 3. The van der Waals surface area contributed by atoms with Crippen molar-refractivity contribution in [2.75, 3.05) is 13.2 Å². The minimum atomic E-state index is -1.40. The van der Waals surface area contributed by atoms with Crippen molar-refractivity contribution in [3.63, 3.8) is 0 Å². The first-order valence-corrected chi connectivity index (χ1v) is 2.38. The van der Waals surface area contributed by atoms with Gasteiger partial charge in [0.2, 0.25) is 0 Å². The van der Waals surface area contributed by atoms with Crippen molar-refractivity contribution < 1.29 is 8.78 Å². The minimum absolute atomic E-state index is 0. The lowest BCUT2D eigenvalue weighted by atomic mass is 10.2. The second-order valence-corrected chi connectivity index (χ2v) is 1.57. The van der Waals surface area contributed by atoms with Gasteiger partial charge in [-0.05, 0) is 0 Å². The molecule has 4 N–H and O–H groups in total. The Balaban J connectivity index is -0.000000245. The Morgan fingerprint density at radius 2 is 1.70 bits per heavy atom. The molecule has 0 amide bonds. The van der Waals surface area contributed by atoms with Crippen LogP contribution in [0.4, 0.5) is 8.78 Å². The Morgan fingerprint density at radius 1 is 1.30 bits per heavy atom. The highest BCUT2D eigenvalue weighted by Crippen LogP contribution is 1.93. The summed E-state index contributed by atoms with van der Waals surface area (Å²) in [4.78, 5) is 0. The fourth-order valence-corrected chi connectivity index (χ4v) is 0.271. The maximum absolute atomic E-state index is 12.0. The number of nitrogens with two attached hydrogens (primary N) is 2. The van der Waals surface area contributed by atoms with Crippen molar-refractivity contribution in [3.8, 4) is 0 Å². The van der Waals surface area contributed by atoms with Crippen LogP contribution in [0.15, 0.2) is 0 Å². The van der Waals surface area contributed by atoms with E-state index in [0.29, 0.717) is 0 Å². The van der Waals surface area contributed by atoms with E-state index in [0.717, 1.165) is 0 Å². The molecule has 0 aliphatic heterocycles. The van der Waals surface area contributed by atoms with E-state index < -0.39 is 18.9 Å². The average molecular weight is 197 g/mol. The number of hydrogen-bond acceptors (Lipinski definition) is 2. The van der Waals surface area contributed by atoms with Crippen molar-refractivity contribution in [1.29, 1.82) is 0 Å². The third-order valence-electron chi connectivity index (χ3n) is 0.868. The summed E-state index contributed by atoms with van der Waals surface area (Å²) in [5.41, 5.74) is 9.72. The monoisotopic (exact) mass is 196 g/mol. The molecule has 0 saturated heterocycles. The summed E-state index contributed by atoms with van der Waals surface area (Å²) in [6.07, 6.45) is -1.40. The van der Waals surface area contributed by atoms with Crippen LogP contribution in [-0.2, 0) is 0 Å². The summed E-state index contributed by atoms with van der Waals surface area (Å²) in [6, 6.07) is -1.04. The lowest BCUT2D eigenvalue weighted by Gasteiger charge is -2.08. The quantitative estimate of drug-likeness (QED) is 0.688. The van der Waals surface area contributed by atoms with Gasteiger partial charge in [0.25, 0.3) is 0 Å². The molecule has 0 spiro atoms. The molecule has 2 unspecified atom stereocenters.